The van der Waals surface area contributed by atoms with Crippen LogP contribution in [0.15, 0.2) is 0 Å². The molecule has 1 atom stereocenters. The normalized spacial score (nSPS) is 23.3. The molecule has 78 valence electrons. The van der Waals surface area contributed by atoms with Crippen LogP contribution < -0.4 is 0 Å². The molecule has 3 nitrogen and oxygen atoms in total. The third-order valence-electron chi connectivity index (χ3n) is 2.79. The molecular formula is C10H22N2O. The zero-order valence-corrected chi connectivity index (χ0v) is 8.87. The number of aliphatic hydroxyl groups excluding tert-OH is 1. The average Bonchev–Trinajstić information content (AvgIpc) is 2.19. The van der Waals surface area contributed by atoms with Crippen LogP contribution in [0.4, 0.5) is 0 Å². The Morgan fingerprint density at radius 2 is 1.69 bits per heavy atom. The van der Waals surface area contributed by atoms with Crippen molar-refractivity contribution in [3.63, 3.8) is 0 Å². The van der Waals surface area contributed by atoms with Gasteiger partial charge >= 0.3 is 0 Å². The molecule has 1 fully saturated rings. The highest BCUT2D eigenvalue weighted by Crippen LogP contribution is 2.04. The molecule has 0 aliphatic carbocycles. The van der Waals surface area contributed by atoms with Crippen LogP contribution in [0.1, 0.15) is 13.8 Å². The summed E-state index contributed by atoms with van der Waals surface area (Å²) in [6, 6.07) is 0. The molecule has 1 rings (SSSR count). The van der Waals surface area contributed by atoms with Crippen LogP contribution in [-0.4, -0.2) is 60.8 Å². The standard InChI is InChI=1S/C10H22N2O/c1-3-11-4-6-12(7-5-11)8-10(2)9-13/h10,13H,3-9H2,1-2H3. The molecule has 0 aromatic rings. The molecule has 1 unspecified atom stereocenters. The maximum atomic E-state index is 8.93. The third kappa shape index (κ3) is 3.63. The van der Waals surface area contributed by atoms with Gasteiger partial charge in [0, 0.05) is 39.3 Å². The SMILES string of the molecule is CCN1CCN(CC(C)CO)CC1. The van der Waals surface area contributed by atoms with Crippen LogP contribution in [0.5, 0.6) is 0 Å². The zero-order valence-electron chi connectivity index (χ0n) is 8.87. The lowest BCUT2D eigenvalue weighted by molar-refractivity contribution is 0.108. The van der Waals surface area contributed by atoms with Crippen LogP contribution in [-0.2, 0) is 0 Å². The molecule has 13 heavy (non-hydrogen) atoms. The number of hydrogen-bond acceptors (Lipinski definition) is 3. The predicted molar refractivity (Wildman–Crippen MR) is 54.8 cm³/mol. The summed E-state index contributed by atoms with van der Waals surface area (Å²) in [5, 5.41) is 8.93. The van der Waals surface area contributed by atoms with Crippen LogP contribution in [0.3, 0.4) is 0 Å². The summed E-state index contributed by atoms with van der Waals surface area (Å²) in [6.45, 7) is 11.6. The lowest BCUT2D eigenvalue weighted by Gasteiger charge is -2.35. The highest BCUT2D eigenvalue weighted by atomic mass is 16.3. The fourth-order valence-corrected chi connectivity index (χ4v) is 1.79. The molecule has 0 aromatic carbocycles. The maximum Gasteiger partial charge on any atom is 0.0468 e. The fourth-order valence-electron chi connectivity index (χ4n) is 1.79. The minimum atomic E-state index is 0.313. The van der Waals surface area contributed by atoms with Crippen molar-refractivity contribution in [1.82, 2.24) is 9.80 Å². The molecule has 0 spiro atoms. The van der Waals surface area contributed by atoms with Crippen LogP contribution in [0.2, 0.25) is 0 Å². The minimum Gasteiger partial charge on any atom is -0.396 e. The first kappa shape index (κ1) is 11.0. The van der Waals surface area contributed by atoms with Crippen molar-refractivity contribution in [2.45, 2.75) is 13.8 Å². The Balaban J connectivity index is 2.17. The Morgan fingerprint density at radius 1 is 1.15 bits per heavy atom. The van der Waals surface area contributed by atoms with Crippen molar-refractivity contribution in [2.75, 3.05) is 45.9 Å². The van der Waals surface area contributed by atoms with Gasteiger partial charge in [-0.1, -0.05) is 13.8 Å². The van der Waals surface area contributed by atoms with E-state index in [1.54, 1.807) is 0 Å². The van der Waals surface area contributed by atoms with Gasteiger partial charge in [0.05, 0.1) is 0 Å². The van der Waals surface area contributed by atoms with Gasteiger partial charge in [0.1, 0.15) is 0 Å². The molecule has 0 bridgehead atoms. The molecule has 1 aliphatic rings. The second kappa shape index (κ2) is 5.58. The molecule has 0 aromatic heterocycles. The smallest absolute Gasteiger partial charge is 0.0468 e. The quantitative estimate of drug-likeness (QED) is 0.682. The van der Waals surface area contributed by atoms with Crippen LogP contribution in [0.25, 0.3) is 0 Å². The third-order valence-corrected chi connectivity index (χ3v) is 2.79. The molecule has 3 heteroatoms. The molecule has 1 heterocycles. The van der Waals surface area contributed by atoms with E-state index >= 15 is 0 Å². The van der Waals surface area contributed by atoms with Crippen LogP contribution >= 0.6 is 0 Å². The van der Waals surface area contributed by atoms with Gasteiger partial charge < -0.3 is 14.9 Å². The highest BCUT2D eigenvalue weighted by Gasteiger charge is 2.16. The van der Waals surface area contributed by atoms with E-state index in [-0.39, 0.29) is 0 Å². The summed E-state index contributed by atoms with van der Waals surface area (Å²) in [5.41, 5.74) is 0. The van der Waals surface area contributed by atoms with E-state index < -0.39 is 0 Å². The number of likely N-dealkylation sites (N-methyl/N-ethyl adjacent to an activating group) is 1. The second-order valence-corrected chi connectivity index (χ2v) is 4.02. The van der Waals surface area contributed by atoms with Gasteiger partial charge in [-0.15, -0.1) is 0 Å². The van der Waals surface area contributed by atoms with Crippen molar-refractivity contribution < 1.29 is 5.11 Å². The van der Waals surface area contributed by atoms with Crippen molar-refractivity contribution in [3.8, 4) is 0 Å². The summed E-state index contributed by atoms with van der Waals surface area (Å²) < 4.78 is 0. The van der Waals surface area contributed by atoms with Crippen molar-refractivity contribution in [3.05, 3.63) is 0 Å². The lowest BCUT2D eigenvalue weighted by atomic mass is 10.1. The van der Waals surface area contributed by atoms with E-state index in [2.05, 4.69) is 23.6 Å². The molecule has 0 amide bonds. The first-order chi connectivity index (χ1) is 6.26. The Labute approximate surface area is 81.3 Å². The number of nitrogens with zero attached hydrogens (tertiary/aromatic N) is 2. The summed E-state index contributed by atoms with van der Waals surface area (Å²) in [7, 11) is 0. The van der Waals surface area contributed by atoms with Gasteiger partial charge in [0.25, 0.3) is 0 Å². The van der Waals surface area contributed by atoms with Crippen LogP contribution in [0, 0.1) is 5.92 Å². The minimum absolute atomic E-state index is 0.313. The van der Waals surface area contributed by atoms with Gasteiger partial charge in [0.15, 0.2) is 0 Å². The molecule has 0 radical (unpaired) electrons. The van der Waals surface area contributed by atoms with Gasteiger partial charge in [-0.25, -0.2) is 0 Å². The number of rotatable bonds is 4. The Bertz CT molecular complexity index is 133. The van der Waals surface area contributed by atoms with E-state index in [4.69, 9.17) is 5.11 Å². The van der Waals surface area contributed by atoms with Crippen molar-refractivity contribution in [2.24, 2.45) is 5.92 Å². The topological polar surface area (TPSA) is 26.7 Å². The van der Waals surface area contributed by atoms with E-state index in [0.717, 1.165) is 19.6 Å². The first-order valence-electron chi connectivity index (χ1n) is 5.31. The Morgan fingerprint density at radius 3 is 2.15 bits per heavy atom. The molecular weight excluding hydrogens is 164 g/mol. The van der Waals surface area contributed by atoms with Gasteiger partial charge in [-0.2, -0.15) is 0 Å². The number of piperazine rings is 1. The van der Waals surface area contributed by atoms with E-state index in [1.165, 1.54) is 19.6 Å². The maximum absolute atomic E-state index is 8.93. The Hall–Kier alpha value is -0.120. The molecule has 0 saturated carbocycles. The van der Waals surface area contributed by atoms with E-state index in [1.807, 2.05) is 0 Å². The summed E-state index contributed by atoms with van der Waals surface area (Å²) >= 11 is 0. The lowest BCUT2D eigenvalue weighted by Crippen LogP contribution is -2.47. The highest BCUT2D eigenvalue weighted by molar-refractivity contribution is 4.72. The van der Waals surface area contributed by atoms with Crippen molar-refractivity contribution in [1.29, 1.82) is 0 Å². The summed E-state index contributed by atoms with van der Waals surface area (Å²) in [5.74, 6) is 0.424. The van der Waals surface area contributed by atoms with Gasteiger partial charge in [-0.05, 0) is 12.5 Å². The fraction of sp³-hybridized carbons (Fsp3) is 1.00. The molecule has 1 N–H and O–H groups in total. The monoisotopic (exact) mass is 186 g/mol. The summed E-state index contributed by atoms with van der Waals surface area (Å²) in [4.78, 5) is 4.92. The first-order valence-corrected chi connectivity index (χ1v) is 5.31. The second-order valence-electron chi connectivity index (χ2n) is 4.02. The molecule has 1 aliphatic heterocycles. The van der Waals surface area contributed by atoms with E-state index in [0.29, 0.717) is 12.5 Å². The average molecular weight is 186 g/mol. The Kier molecular flexibility index (Phi) is 4.70. The largest absolute Gasteiger partial charge is 0.396 e. The van der Waals surface area contributed by atoms with Crippen molar-refractivity contribution >= 4 is 0 Å². The van der Waals surface area contributed by atoms with Gasteiger partial charge in [0.2, 0.25) is 0 Å². The van der Waals surface area contributed by atoms with Gasteiger partial charge in [-0.3, -0.25) is 0 Å². The predicted octanol–water partition coefficient (Wildman–Crippen LogP) is 0.252. The van der Waals surface area contributed by atoms with E-state index in [9.17, 15) is 0 Å². The number of aliphatic hydroxyl groups is 1. The number of hydrogen-bond donors (Lipinski definition) is 1. The molecule has 1 saturated heterocycles. The summed E-state index contributed by atoms with van der Waals surface area (Å²) in [6.07, 6.45) is 0. The zero-order chi connectivity index (χ0) is 9.68.